The second-order valence-electron chi connectivity index (χ2n) is 7.20. The van der Waals surface area contributed by atoms with Crippen LogP contribution in [0.25, 0.3) is 6.08 Å². The highest BCUT2D eigenvalue weighted by Gasteiger charge is 2.51. The summed E-state index contributed by atoms with van der Waals surface area (Å²) in [5, 5.41) is 2.81. The van der Waals surface area contributed by atoms with Crippen molar-refractivity contribution in [3.8, 4) is 0 Å². The first-order chi connectivity index (χ1) is 11.2. The van der Waals surface area contributed by atoms with Gasteiger partial charge in [0.25, 0.3) is 0 Å². The minimum absolute atomic E-state index is 0.0949. The van der Waals surface area contributed by atoms with Gasteiger partial charge in [0.15, 0.2) is 5.82 Å². The van der Waals surface area contributed by atoms with Crippen LogP contribution in [0.2, 0.25) is 0 Å². The van der Waals surface area contributed by atoms with Crippen LogP contribution in [0.5, 0.6) is 0 Å². The fourth-order valence-corrected chi connectivity index (χ4v) is 3.12. The van der Waals surface area contributed by atoms with Crippen LogP contribution in [-0.4, -0.2) is 45.6 Å². The maximum atomic E-state index is 12.6. The quantitative estimate of drug-likeness (QED) is 0.854. The maximum Gasteiger partial charge on any atom is 0.410 e. The van der Waals surface area contributed by atoms with E-state index in [1.165, 1.54) is 0 Å². The normalized spacial score (nSPS) is 19.0. The molecule has 0 saturated carbocycles. The average Bonchev–Trinajstić information content (AvgIpc) is 2.78. The number of aromatic nitrogens is 2. The van der Waals surface area contributed by atoms with Gasteiger partial charge in [0, 0.05) is 13.1 Å². The summed E-state index contributed by atoms with van der Waals surface area (Å²) in [4.78, 5) is 35.2. The van der Waals surface area contributed by atoms with Crippen molar-refractivity contribution in [1.82, 2.24) is 14.9 Å². The van der Waals surface area contributed by atoms with Gasteiger partial charge in [-0.2, -0.15) is 0 Å². The molecule has 3 rings (SSSR count). The summed E-state index contributed by atoms with van der Waals surface area (Å²) >= 11 is 0. The third-order valence-electron chi connectivity index (χ3n) is 4.39. The fourth-order valence-electron chi connectivity index (χ4n) is 3.12. The molecule has 0 bridgehead atoms. The van der Waals surface area contributed by atoms with Crippen LogP contribution in [-0.2, 0) is 14.9 Å². The standard InChI is InChI=1S/C17H22N4O3/c1-5-11-10-18-13-12(19-11)17(14(22)20-13)6-8-21(9-7-17)15(23)24-16(2,3)4/h5,10H,1,6-9H2,2-4H3,(H,18,20,22). The Hall–Kier alpha value is -2.44. The zero-order chi connectivity index (χ0) is 17.5. The van der Waals surface area contributed by atoms with Crippen molar-refractivity contribution in [2.75, 3.05) is 18.4 Å². The molecule has 0 unspecified atom stereocenters. The van der Waals surface area contributed by atoms with Gasteiger partial charge in [0.1, 0.15) is 5.60 Å². The largest absolute Gasteiger partial charge is 0.444 e. The Bertz CT molecular complexity index is 700. The highest BCUT2D eigenvalue weighted by molar-refractivity contribution is 6.04. The molecule has 1 N–H and O–H groups in total. The number of rotatable bonds is 1. The summed E-state index contributed by atoms with van der Waals surface area (Å²) in [7, 11) is 0. The van der Waals surface area contributed by atoms with Gasteiger partial charge in [-0.1, -0.05) is 6.58 Å². The molecule has 1 saturated heterocycles. The lowest BCUT2D eigenvalue weighted by Crippen LogP contribution is -2.49. The van der Waals surface area contributed by atoms with E-state index in [-0.39, 0.29) is 12.0 Å². The van der Waals surface area contributed by atoms with Gasteiger partial charge in [0.2, 0.25) is 5.91 Å². The second kappa shape index (κ2) is 5.58. The highest BCUT2D eigenvalue weighted by Crippen LogP contribution is 2.43. The lowest BCUT2D eigenvalue weighted by molar-refractivity contribution is -0.122. The van der Waals surface area contributed by atoms with E-state index in [4.69, 9.17) is 4.74 Å². The summed E-state index contributed by atoms with van der Waals surface area (Å²) in [6.07, 6.45) is 3.85. The minimum atomic E-state index is -0.722. The van der Waals surface area contributed by atoms with Gasteiger partial charge >= 0.3 is 6.09 Å². The fraction of sp³-hybridized carbons (Fsp3) is 0.529. The van der Waals surface area contributed by atoms with Gasteiger partial charge in [0.05, 0.1) is 23.0 Å². The van der Waals surface area contributed by atoms with Gasteiger partial charge in [-0.3, -0.25) is 4.79 Å². The van der Waals surface area contributed by atoms with Crippen LogP contribution in [0.3, 0.4) is 0 Å². The van der Waals surface area contributed by atoms with E-state index in [0.717, 1.165) is 0 Å². The topological polar surface area (TPSA) is 84.4 Å². The maximum absolute atomic E-state index is 12.6. The number of nitrogens with zero attached hydrogens (tertiary/aromatic N) is 3. The zero-order valence-corrected chi connectivity index (χ0v) is 14.3. The summed E-state index contributed by atoms with van der Waals surface area (Å²) in [6, 6.07) is 0. The number of anilines is 1. The van der Waals surface area contributed by atoms with E-state index < -0.39 is 11.0 Å². The number of carbonyl (C=O) groups is 2. The van der Waals surface area contributed by atoms with E-state index >= 15 is 0 Å². The first kappa shape index (κ1) is 16.4. The Labute approximate surface area is 141 Å². The Morgan fingerprint density at radius 1 is 1.42 bits per heavy atom. The number of piperidine rings is 1. The number of hydrogen-bond acceptors (Lipinski definition) is 5. The molecule has 0 aliphatic carbocycles. The van der Waals surface area contributed by atoms with Crippen LogP contribution in [0.4, 0.5) is 10.6 Å². The first-order valence-corrected chi connectivity index (χ1v) is 8.04. The van der Waals surface area contributed by atoms with Crippen LogP contribution in [0.1, 0.15) is 45.0 Å². The predicted octanol–water partition coefficient (Wildman–Crippen LogP) is 2.34. The molecule has 0 aromatic carbocycles. The summed E-state index contributed by atoms with van der Waals surface area (Å²) in [6.45, 7) is 10.1. The number of nitrogens with one attached hydrogen (secondary N) is 1. The molecule has 7 heteroatoms. The van der Waals surface area contributed by atoms with Crippen molar-refractivity contribution in [3.63, 3.8) is 0 Å². The molecule has 1 aromatic heterocycles. The molecule has 0 atom stereocenters. The number of carbonyl (C=O) groups excluding carboxylic acids is 2. The van der Waals surface area contributed by atoms with Gasteiger partial charge in [-0.25, -0.2) is 14.8 Å². The Balaban J connectivity index is 1.80. The van der Waals surface area contributed by atoms with Crippen LogP contribution < -0.4 is 5.32 Å². The number of amides is 2. The SMILES string of the molecule is C=Cc1cnc2c(n1)C1(CCN(C(=O)OC(C)(C)C)CC1)C(=O)N2. The molecule has 1 aromatic rings. The Kier molecular flexibility index (Phi) is 3.81. The second-order valence-corrected chi connectivity index (χ2v) is 7.20. The Morgan fingerprint density at radius 3 is 2.67 bits per heavy atom. The van der Waals surface area contributed by atoms with Crippen molar-refractivity contribution in [2.24, 2.45) is 0 Å². The molecule has 0 radical (unpaired) electrons. The Morgan fingerprint density at radius 2 is 2.08 bits per heavy atom. The molecule has 7 nitrogen and oxygen atoms in total. The summed E-state index contributed by atoms with van der Waals surface area (Å²) in [5.74, 6) is 0.416. The van der Waals surface area contributed by atoms with Crippen molar-refractivity contribution < 1.29 is 14.3 Å². The van der Waals surface area contributed by atoms with Crippen molar-refractivity contribution in [1.29, 1.82) is 0 Å². The number of hydrogen-bond donors (Lipinski definition) is 1. The van der Waals surface area contributed by atoms with Gasteiger partial charge in [-0.15, -0.1) is 0 Å². The third-order valence-corrected chi connectivity index (χ3v) is 4.39. The smallest absolute Gasteiger partial charge is 0.410 e. The van der Waals surface area contributed by atoms with E-state index in [0.29, 0.717) is 43.1 Å². The van der Waals surface area contributed by atoms with Crippen LogP contribution in [0.15, 0.2) is 12.8 Å². The van der Waals surface area contributed by atoms with E-state index in [9.17, 15) is 9.59 Å². The monoisotopic (exact) mass is 330 g/mol. The third kappa shape index (κ3) is 2.74. The molecule has 2 aliphatic rings. The molecule has 128 valence electrons. The molecule has 1 fully saturated rings. The first-order valence-electron chi connectivity index (χ1n) is 8.04. The van der Waals surface area contributed by atoms with Crippen LogP contribution in [0, 0.1) is 0 Å². The van der Waals surface area contributed by atoms with Gasteiger partial charge < -0.3 is 15.0 Å². The van der Waals surface area contributed by atoms with Crippen molar-refractivity contribution in [3.05, 3.63) is 24.2 Å². The van der Waals surface area contributed by atoms with E-state index in [1.54, 1.807) is 17.2 Å². The van der Waals surface area contributed by atoms with Crippen molar-refractivity contribution in [2.45, 2.75) is 44.6 Å². The lowest BCUT2D eigenvalue weighted by atomic mass is 9.76. The molecular formula is C17H22N4O3. The number of fused-ring (bicyclic) bond motifs is 2. The molecule has 3 heterocycles. The highest BCUT2D eigenvalue weighted by atomic mass is 16.6. The molecule has 1 spiro atoms. The zero-order valence-electron chi connectivity index (χ0n) is 14.3. The lowest BCUT2D eigenvalue weighted by Gasteiger charge is -2.37. The predicted molar refractivity (Wildman–Crippen MR) is 89.5 cm³/mol. The molecule has 2 aliphatic heterocycles. The number of likely N-dealkylation sites (tertiary alicyclic amines) is 1. The summed E-state index contributed by atoms with van der Waals surface area (Å²) < 4.78 is 5.41. The molecule has 24 heavy (non-hydrogen) atoms. The van der Waals surface area contributed by atoms with E-state index in [1.807, 2.05) is 20.8 Å². The summed E-state index contributed by atoms with van der Waals surface area (Å²) in [5.41, 5.74) is 0.0428. The average molecular weight is 330 g/mol. The molecular weight excluding hydrogens is 308 g/mol. The van der Waals surface area contributed by atoms with E-state index in [2.05, 4.69) is 21.9 Å². The van der Waals surface area contributed by atoms with Crippen LogP contribution >= 0.6 is 0 Å². The minimum Gasteiger partial charge on any atom is -0.444 e. The van der Waals surface area contributed by atoms with Crippen molar-refractivity contribution >= 4 is 23.9 Å². The van der Waals surface area contributed by atoms with Gasteiger partial charge in [-0.05, 0) is 39.7 Å². The molecule has 2 amide bonds. The number of ether oxygens (including phenoxy) is 1.